The van der Waals surface area contributed by atoms with Gasteiger partial charge in [0.05, 0.1) is 0 Å². The van der Waals surface area contributed by atoms with E-state index in [2.05, 4.69) is 15.9 Å². The van der Waals surface area contributed by atoms with E-state index < -0.39 is 0 Å². The van der Waals surface area contributed by atoms with E-state index in [1.807, 2.05) is 4.90 Å². The Morgan fingerprint density at radius 3 is 2.31 bits per heavy atom. The largest absolute Gasteiger partial charge is 0.349 e. The Labute approximate surface area is 105 Å². The topological polar surface area (TPSA) is 40.6 Å². The van der Waals surface area contributed by atoms with Crippen molar-refractivity contribution in [3.05, 3.63) is 0 Å². The van der Waals surface area contributed by atoms with Gasteiger partial charge in [-0.05, 0) is 12.8 Å². The van der Waals surface area contributed by atoms with Crippen LogP contribution in [0.5, 0.6) is 0 Å². The van der Waals surface area contributed by atoms with E-state index in [0.717, 1.165) is 25.9 Å². The molecule has 0 aliphatic carbocycles. The van der Waals surface area contributed by atoms with E-state index in [9.17, 15) is 9.59 Å². The number of hydrogen-bond acceptors (Lipinski definition) is 2. The van der Waals surface area contributed by atoms with Gasteiger partial charge in [-0.2, -0.15) is 0 Å². The molecule has 1 aliphatic heterocycles. The highest BCUT2D eigenvalue weighted by atomic mass is 79.9. The fraction of sp³-hybridized carbons (Fsp3) is 0.818. The quantitative estimate of drug-likeness (QED) is 0.731. The summed E-state index contributed by atoms with van der Waals surface area (Å²) in [7, 11) is 3.56. The predicted molar refractivity (Wildman–Crippen MR) is 66.4 cm³/mol. The summed E-state index contributed by atoms with van der Waals surface area (Å²) >= 11 is 3.26. The van der Waals surface area contributed by atoms with E-state index >= 15 is 0 Å². The van der Waals surface area contributed by atoms with Crippen molar-refractivity contribution in [2.45, 2.75) is 19.3 Å². The number of carbonyl (C=O) groups excluding carboxylic acids is 2. The molecule has 0 bridgehead atoms. The molecule has 0 aromatic carbocycles. The molecule has 16 heavy (non-hydrogen) atoms. The van der Waals surface area contributed by atoms with Crippen LogP contribution in [0.3, 0.4) is 0 Å². The molecule has 1 saturated heterocycles. The summed E-state index contributed by atoms with van der Waals surface area (Å²) in [5.74, 6) is 0.475. The third kappa shape index (κ3) is 3.47. The van der Waals surface area contributed by atoms with Crippen molar-refractivity contribution < 1.29 is 9.59 Å². The molecule has 1 heterocycles. The van der Waals surface area contributed by atoms with Crippen molar-refractivity contribution in [3.8, 4) is 0 Å². The van der Waals surface area contributed by atoms with Crippen LogP contribution in [0, 0.1) is 5.92 Å². The first-order valence-electron chi connectivity index (χ1n) is 5.61. The van der Waals surface area contributed by atoms with Crippen LogP contribution in [-0.4, -0.2) is 54.1 Å². The molecule has 4 nitrogen and oxygen atoms in total. The lowest BCUT2D eigenvalue weighted by Gasteiger charge is -2.32. The van der Waals surface area contributed by atoms with Crippen molar-refractivity contribution >= 4 is 27.7 Å². The summed E-state index contributed by atoms with van der Waals surface area (Å²) in [5, 5.41) is 0.711. The third-order valence-corrected chi connectivity index (χ3v) is 3.34. The lowest BCUT2D eigenvalue weighted by Crippen LogP contribution is -2.42. The maximum atomic E-state index is 11.7. The predicted octanol–water partition coefficient (Wildman–Crippen LogP) is 1.10. The summed E-state index contributed by atoms with van der Waals surface area (Å²) < 4.78 is 0. The zero-order chi connectivity index (χ0) is 12.1. The molecule has 1 fully saturated rings. The fourth-order valence-corrected chi connectivity index (χ4v) is 2.32. The van der Waals surface area contributed by atoms with E-state index in [4.69, 9.17) is 0 Å². The highest BCUT2D eigenvalue weighted by Gasteiger charge is 2.27. The van der Waals surface area contributed by atoms with Crippen LogP contribution >= 0.6 is 15.9 Å². The van der Waals surface area contributed by atoms with Crippen LogP contribution in [0.1, 0.15) is 19.3 Å². The Hall–Kier alpha value is -0.580. The molecule has 0 aromatic rings. The van der Waals surface area contributed by atoms with Gasteiger partial charge in [0, 0.05) is 44.9 Å². The number of likely N-dealkylation sites (tertiary alicyclic amines) is 1. The van der Waals surface area contributed by atoms with E-state index in [1.165, 1.54) is 0 Å². The van der Waals surface area contributed by atoms with Crippen molar-refractivity contribution in [2.24, 2.45) is 5.92 Å². The Bertz CT molecular complexity index is 261. The molecule has 1 aliphatic rings. The van der Waals surface area contributed by atoms with Gasteiger partial charge in [-0.3, -0.25) is 9.59 Å². The molecule has 1 rings (SSSR count). The van der Waals surface area contributed by atoms with Crippen molar-refractivity contribution in [1.29, 1.82) is 0 Å². The molecule has 0 atom stereocenters. The van der Waals surface area contributed by atoms with Gasteiger partial charge in [0.2, 0.25) is 11.8 Å². The molecule has 0 aromatic heterocycles. The van der Waals surface area contributed by atoms with Crippen LogP contribution in [0.4, 0.5) is 0 Å². The van der Waals surface area contributed by atoms with Gasteiger partial charge in [-0.25, -0.2) is 0 Å². The van der Waals surface area contributed by atoms with Crippen LogP contribution in [0.2, 0.25) is 0 Å². The van der Waals surface area contributed by atoms with Gasteiger partial charge in [0.15, 0.2) is 0 Å². The smallest absolute Gasteiger partial charge is 0.225 e. The minimum Gasteiger partial charge on any atom is -0.349 e. The summed E-state index contributed by atoms with van der Waals surface area (Å²) in [5.41, 5.74) is 0. The third-order valence-electron chi connectivity index (χ3n) is 2.95. The molecule has 5 heteroatoms. The normalized spacial score (nSPS) is 17.3. The zero-order valence-electron chi connectivity index (χ0n) is 9.91. The van der Waals surface area contributed by atoms with Crippen molar-refractivity contribution in [1.82, 2.24) is 9.80 Å². The molecule has 0 saturated carbocycles. The van der Waals surface area contributed by atoms with E-state index in [0.29, 0.717) is 11.8 Å². The number of halogens is 1. The van der Waals surface area contributed by atoms with Gasteiger partial charge >= 0.3 is 0 Å². The van der Waals surface area contributed by atoms with Gasteiger partial charge in [0.1, 0.15) is 0 Å². The summed E-state index contributed by atoms with van der Waals surface area (Å²) in [6.45, 7) is 1.44. The summed E-state index contributed by atoms with van der Waals surface area (Å²) in [6, 6.07) is 0. The minimum atomic E-state index is 0.100. The standard InChI is InChI=1S/C11H19BrN2O2/c1-13(2)11(16)9-4-7-14(8-5-9)10(15)3-6-12/h9H,3-8H2,1-2H3. The highest BCUT2D eigenvalue weighted by molar-refractivity contribution is 9.09. The second-order valence-electron chi connectivity index (χ2n) is 4.33. The monoisotopic (exact) mass is 290 g/mol. The SMILES string of the molecule is CN(C)C(=O)C1CCN(C(=O)CCBr)CC1. The van der Waals surface area contributed by atoms with E-state index in [1.54, 1.807) is 19.0 Å². The second-order valence-corrected chi connectivity index (χ2v) is 5.12. The average molecular weight is 291 g/mol. The maximum absolute atomic E-state index is 11.7. The maximum Gasteiger partial charge on any atom is 0.225 e. The van der Waals surface area contributed by atoms with Crippen LogP contribution in [0.15, 0.2) is 0 Å². The first-order chi connectivity index (χ1) is 7.56. The van der Waals surface area contributed by atoms with Gasteiger partial charge in [-0.1, -0.05) is 15.9 Å². The molecular weight excluding hydrogens is 272 g/mol. The summed E-state index contributed by atoms with van der Waals surface area (Å²) in [6.07, 6.45) is 2.14. The molecule has 2 amide bonds. The number of alkyl halides is 1. The van der Waals surface area contributed by atoms with E-state index in [-0.39, 0.29) is 17.7 Å². The molecule has 0 unspecified atom stereocenters. The fourth-order valence-electron chi connectivity index (χ4n) is 1.98. The number of rotatable bonds is 3. The number of piperidine rings is 1. The number of hydrogen-bond donors (Lipinski definition) is 0. The Balaban J connectivity index is 2.39. The minimum absolute atomic E-state index is 0.100. The number of nitrogens with zero attached hydrogens (tertiary/aromatic N) is 2. The summed E-state index contributed by atoms with van der Waals surface area (Å²) in [4.78, 5) is 26.8. The van der Waals surface area contributed by atoms with Crippen molar-refractivity contribution in [3.63, 3.8) is 0 Å². The Morgan fingerprint density at radius 1 is 1.31 bits per heavy atom. The van der Waals surface area contributed by atoms with Gasteiger partial charge in [-0.15, -0.1) is 0 Å². The molecule has 0 spiro atoms. The average Bonchev–Trinajstić information content (AvgIpc) is 2.28. The Morgan fingerprint density at radius 2 is 1.88 bits per heavy atom. The second kappa shape index (κ2) is 6.23. The first kappa shape index (κ1) is 13.5. The highest BCUT2D eigenvalue weighted by Crippen LogP contribution is 2.19. The molecule has 92 valence electrons. The molecular formula is C11H19BrN2O2. The van der Waals surface area contributed by atoms with Gasteiger partial charge in [0.25, 0.3) is 0 Å². The van der Waals surface area contributed by atoms with Crippen molar-refractivity contribution in [2.75, 3.05) is 32.5 Å². The zero-order valence-corrected chi connectivity index (χ0v) is 11.5. The van der Waals surface area contributed by atoms with Crippen LogP contribution < -0.4 is 0 Å². The number of carbonyl (C=O) groups is 2. The lowest BCUT2D eigenvalue weighted by molar-refractivity contribution is -0.138. The number of amides is 2. The Kier molecular flexibility index (Phi) is 5.25. The molecule has 0 radical (unpaired) electrons. The lowest BCUT2D eigenvalue weighted by atomic mass is 9.95. The molecule has 0 N–H and O–H groups in total. The van der Waals surface area contributed by atoms with Crippen LogP contribution in [0.25, 0.3) is 0 Å². The van der Waals surface area contributed by atoms with Gasteiger partial charge < -0.3 is 9.80 Å². The van der Waals surface area contributed by atoms with Crippen LogP contribution in [-0.2, 0) is 9.59 Å². The first-order valence-corrected chi connectivity index (χ1v) is 6.73.